The number of carbonyl (C=O) groups is 1. The van der Waals surface area contributed by atoms with Crippen LogP contribution < -0.4 is 5.32 Å². The van der Waals surface area contributed by atoms with Crippen molar-refractivity contribution in [2.24, 2.45) is 0 Å². The second-order valence-electron chi connectivity index (χ2n) is 4.05. The number of amides is 1. The lowest BCUT2D eigenvalue weighted by Crippen LogP contribution is -2.35. The molecule has 0 saturated carbocycles. The molecule has 5 nitrogen and oxygen atoms in total. The van der Waals surface area contributed by atoms with Crippen LogP contribution in [0.5, 0.6) is 0 Å². The summed E-state index contributed by atoms with van der Waals surface area (Å²) in [4.78, 5) is 10.2. The molecule has 1 saturated heterocycles. The van der Waals surface area contributed by atoms with Crippen LogP contribution in [0.2, 0.25) is 0 Å². The molecule has 2 rings (SSSR count). The van der Waals surface area contributed by atoms with Gasteiger partial charge in [0, 0.05) is 26.1 Å². The smallest absolute Gasteiger partial charge is 0.248 e. The fourth-order valence-corrected chi connectivity index (χ4v) is 3.40. The summed E-state index contributed by atoms with van der Waals surface area (Å²) in [5.41, 5.74) is 0. The molecule has 0 aromatic heterocycles. The molecule has 0 unspecified atom stereocenters. The lowest BCUT2D eigenvalue weighted by atomic mass is 10.3. The number of hydrogen-bond donors (Lipinski definition) is 1. The van der Waals surface area contributed by atoms with E-state index in [9.17, 15) is 22.0 Å². The van der Waals surface area contributed by atoms with Gasteiger partial charge in [0.2, 0.25) is 15.9 Å². The predicted molar refractivity (Wildman–Crippen MR) is 62.7 cm³/mol. The van der Waals surface area contributed by atoms with Crippen molar-refractivity contribution in [2.75, 3.05) is 19.6 Å². The van der Waals surface area contributed by atoms with E-state index in [0.717, 1.165) is 22.5 Å². The molecule has 1 aliphatic rings. The first-order valence-electron chi connectivity index (χ1n) is 5.64. The number of rotatable bonds is 2. The maximum atomic E-state index is 13.6. The Labute approximate surface area is 109 Å². The molecule has 1 fully saturated rings. The maximum absolute atomic E-state index is 13.6. The molecule has 0 aliphatic carbocycles. The molecule has 0 bridgehead atoms. The first kappa shape index (κ1) is 13.9. The van der Waals surface area contributed by atoms with Crippen molar-refractivity contribution in [1.82, 2.24) is 9.62 Å². The van der Waals surface area contributed by atoms with Crippen molar-refractivity contribution >= 4 is 15.9 Å². The van der Waals surface area contributed by atoms with Gasteiger partial charge >= 0.3 is 0 Å². The van der Waals surface area contributed by atoms with Crippen LogP contribution in [0.3, 0.4) is 0 Å². The molecule has 1 aromatic rings. The van der Waals surface area contributed by atoms with Crippen LogP contribution >= 0.6 is 0 Å². The quantitative estimate of drug-likeness (QED) is 0.861. The van der Waals surface area contributed by atoms with Gasteiger partial charge < -0.3 is 5.32 Å². The van der Waals surface area contributed by atoms with Crippen LogP contribution in [0, 0.1) is 11.6 Å². The van der Waals surface area contributed by atoms with E-state index < -0.39 is 26.6 Å². The number of hydrogen-bond acceptors (Lipinski definition) is 3. The predicted octanol–water partition coefficient (Wildman–Crippen LogP) is 0.475. The Balaban J connectivity index is 2.39. The standard InChI is InChI=1S/C11H12F2N2O3S/c12-8-2-1-3-9(13)11(8)19(17,18)15-6-4-10(16)14-5-7-15/h1-3H,4-7H2,(H,14,16). The van der Waals surface area contributed by atoms with Gasteiger partial charge in [-0.05, 0) is 12.1 Å². The summed E-state index contributed by atoms with van der Waals surface area (Å²) < 4.78 is 52.4. The topological polar surface area (TPSA) is 66.5 Å². The van der Waals surface area contributed by atoms with Crippen LogP contribution in [0.25, 0.3) is 0 Å². The minimum Gasteiger partial charge on any atom is -0.355 e. The van der Waals surface area contributed by atoms with Gasteiger partial charge in [0.05, 0.1) is 0 Å². The van der Waals surface area contributed by atoms with Crippen molar-refractivity contribution in [1.29, 1.82) is 0 Å². The highest BCUT2D eigenvalue weighted by molar-refractivity contribution is 7.89. The summed E-state index contributed by atoms with van der Waals surface area (Å²) in [6.07, 6.45) is -0.0324. The molecule has 0 radical (unpaired) electrons. The van der Waals surface area contributed by atoms with E-state index in [0.29, 0.717) is 0 Å². The SMILES string of the molecule is O=C1CCN(S(=O)(=O)c2c(F)cccc2F)CCN1. The van der Waals surface area contributed by atoms with Gasteiger partial charge in [-0.15, -0.1) is 0 Å². The molecule has 0 spiro atoms. The Hall–Kier alpha value is -1.54. The summed E-state index contributed by atoms with van der Waals surface area (Å²) in [5.74, 6) is -2.56. The van der Waals surface area contributed by atoms with Crippen LogP contribution in [0.4, 0.5) is 8.78 Å². The molecule has 1 aromatic carbocycles. The number of halogens is 2. The molecule has 8 heteroatoms. The van der Waals surface area contributed by atoms with Crippen molar-refractivity contribution in [2.45, 2.75) is 11.3 Å². The minimum atomic E-state index is -4.28. The second-order valence-corrected chi connectivity index (χ2v) is 5.93. The number of nitrogens with one attached hydrogen (secondary N) is 1. The summed E-state index contributed by atoms with van der Waals surface area (Å²) in [6.45, 7) is 0.0118. The largest absolute Gasteiger partial charge is 0.355 e. The van der Waals surface area contributed by atoms with Crippen molar-refractivity contribution in [3.8, 4) is 0 Å². The zero-order chi connectivity index (χ0) is 14.0. The lowest BCUT2D eigenvalue weighted by Gasteiger charge is -2.19. The Morgan fingerprint density at radius 3 is 2.42 bits per heavy atom. The zero-order valence-corrected chi connectivity index (χ0v) is 10.7. The van der Waals surface area contributed by atoms with Crippen LogP contribution in [-0.2, 0) is 14.8 Å². The summed E-state index contributed by atoms with van der Waals surface area (Å²) in [6, 6.07) is 2.87. The summed E-state index contributed by atoms with van der Waals surface area (Å²) >= 11 is 0. The number of carbonyl (C=O) groups excluding carboxylic acids is 1. The van der Waals surface area contributed by atoms with Gasteiger partial charge in [-0.25, -0.2) is 17.2 Å². The third kappa shape index (κ3) is 2.74. The second kappa shape index (κ2) is 5.22. The molecule has 1 amide bonds. The van der Waals surface area contributed by atoms with E-state index in [1.807, 2.05) is 0 Å². The highest BCUT2D eigenvalue weighted by Gasteiger charge is 2.31. The normalized spacial score (nSPS) is 17.9. The van der Waals surface area contributed by atoms with Crippen molar-refractivity contribution in [3.63, 3.8) is 0 Å². The molecule has 1 N–H and O–H groups in total. The Morgan fingerprint density at radius 2 is 1.79 bits per heavy atom. The van der Waals surface area contributed by atoms with Gasteiger partial charge in [-0.3, -0.25) is 4.79 Å². The van der Waals surface area contributed by atoms with E-state index in [1.165, 1.54) is 0 Å². The van der Waals surface area contributed by atoms with E-state index in [1.54, 1.807) is 0 Å². The van der Waals surface area contributed by atoms with Gasteiger partial charge in [0.1, 0.15) is 11.6 Å². The summed E-state index contributed by atoms with van der Waals surface area (Å²) in [7, 11) is -4.28. The monoisotopic (exact) mass is 290 g/mol. The number of sulfonamides is 1. The van der Waals surface area contributed by atoms with Gasteiger partial charge in [-0.1, -0.05) is 6.07 Å². The lowest BCUT2D eigenvalue weighted by molar-refractivity contribution is -0.120. The van der Waals surface area contributed by atoms with Crippen LogP contribution in [0.1, 0.15) is 6.42 Å². The van der Waals surface area contributed by atoms with Crippen molar-refractivity contribution < 1.29 is 22.0 Å². The molecule has 1 heterocycles. The first-order valence-corrected chi connectivity index (χ1v) is 7.08. The summed E-state index contributed by atoms with van der Waals surface area (Å²) in [5, 5.41) is 2.49. The zero-order valence-electron chi connectivity index (χ0n) is 9.90. The number of benzene rings is 1. The highest BCUT2D eigenvalue weighted by Crippen LogP contribution is 2.22. The molecular weight excluding hydrogens is 278 g/mol. The molecule has 1 aliphatic heterocycles. The highest BCUT2D eigenvalue weighted by atomic mass is 32.2. The maximum Gasteiger partial charge on any atom is 0.248 e. The van der Waals surface area contributed by atoms with E-state index in [4.69, 9.17) is 0 Å². The Morgan fingerprint density at radius 1 is 1.16 bits per heavy atom. The fraction of sp³-hybridized carbons (Fsp3) is 0.364. The average molecular weight is 290 g/mol. The first-order chi connectivity index (χ1) is 8.93. The van der Waals surface area contributed by atoms with Crippen LogP contribution in [-0.4, -0.2) is 38.3 Å². The minimum absolute atomic E-state index is 0.0121. The molecule has 104 valence electrons. The van der Waals surface area contributed by atoms with Gasteiger partial charge in [-0.2, -0.15) is 4.31 Å². The fourth-order valence-electron chi connectivity index (χ4n) is 1.84. The molecular formula is C11H12F2N2O3S. The third-order valence-electron chi connectivity index (χ3n) is 2.79. The number of nitrogens with zero attached hydrogens (tertiary/aromatic N) is 1. The molecule has 0 atom stereocenters. The van der Waals surface area contributed by atoms with E-state index in [-0.39, 0.29) is 32.0 Å². The van der Waals surface area contributed by atoms with Gasteiger partial charge in [0.15, 0.2) is 4.90 Å². The van der Waals surface area contributed by atoms with E-state index in [2.05, 4.69) is 5.32 Å². The van der Waals surface area contributed by atoms with Crippen LogP contribution in [0.15, 0.2) is 23.1 Å². The third-order valence-corrected chi connectivity index (χ3v) is 4.74. The Bertz CT molecular complexity index is 584. The molecule has 19 heavy (non-hydrogen) atoms. The average Bonchev–Trinajstić information content (AvgIpc) is 2.53. The van der Waals surface area contributed by atoms with E-state index >= 15 is 0 Å². The Kier molecular flexibility index (Phi) is 3.81. The van der Waals surface area contributed by atoms with Gasteiger partial charge in [0.25, 0.3) is 0 Å². The van der Waals surface area contributed by atoms with Crippen molar-refractivity contribution in [3.05, 3.63) is 29.8 Å².